The first kappa shape index (κ1) is 25.4. The second kappa shape index (κ2) is 11.8. The zero-order chi connectivity index (χ0) is 24.0. The van der Waals surface area contributed by atoms with Crippen LogP contribution in [-0.4, -0.2) is 72.8 Å². The van der Waals surface area contributed by atoms with Crippen LogP contribution in [0.2, 0.25) is 0 Å². The van der Waals surface area contributed by atoms with Crippen LogP contribution < -0.4 is 5.32 Å². The smallest absolute Gasteiger partial charge is 0.234 e. The van der Waals surface area contributed by atoms with Crippen molar-refractivity contribution in [3.05, 3.63) is 24.0 Å². The minimum atomic E-state index is -0.131. The summed E-state index contributed by atoms with van der Waals surface area (Å²) in [7, 11) is 3.47. The molecule has 11 heteroatoms. The lowest BCUT2D eigenvalue weighted by Crippen LogP contribution is -2.36. The molecule has 4 atom stereocenters. The van der Waals surface area contributed by atoms with Crippen LogP contribution in [0.1, 0.15) is 57.7 Å². The molecule has 1 aliphatic rings. The average Bonchev–Trinajstić information content (AvgIpc) is 3.58. The standard InChI is InChI=1S/C22H35N7O2P2/c1-5-8-28(22(31)15(3)33-4)12-19-23-10-17(26-19)25-18-11-24-20(27-18)16-7-6-9-29(16)21(30)14(2)13-32/h10-11,14-16,25H,4-9,12-13,32H2,1-3H3,(H,23,26)(H,24,27). The van der Waals surface area contributed by atoms with E-state index >= 15 is 0 Å². The first-order chi connectivity index (χ1) is 15.9. The van der Waals surface area contributed by atoms with Gasteiger partial charge in [0.15, 0.2) is 0 Å². The molecule has 3 N–H and O–H groups in total. The third-order valence-corrected chi connectivity index (χ3v) is 7.37. The third-order valence-electron chi connectivity index (χ3n) is 5.90. The Morgan fingerprint density at radius 1 is 1.33 bits per heavy atom. The third kappa shape index (κ3) is 6.21. The lowest BCUT2D eigenvalue weighted by atomic mass is 10.1. The summed E-state index contributed by atoms with van der Waals surface area (Å²) in [6.07, 6.45) is 10.8. The van der Waals surface area contributed by atoms with Crippen molar-refractivity contribution in [3.8, 4) is 0 Å². The molecule has 2 aromatic rings. The van der Waals surface area contributed by atoms with Crippen molar-refractivity contribution in [2.45, 2.75) is 58.3 Å². The van der Waals surface area contributed by atoms with Crippen molar-refractivity contribution < 1.29 is 9.59 Å². The lowest BCUT2D eigenvalue weighted by Gasteiger charge is -2.25. The number of imidazole rings is 2. The van der Waals surface area contributed by atoms with Gasteiger partial charge >= 0.3 is 0 Å². The van der Waals surface area contributed by atoms with Crippen molar-refractivity contribution in [2.24, 2.45) is 5.92 Å². The molecule has 0 aromatic carbocycles. The number of carbonyl (C=O) groups is 2. The van der Waals surface area contributed by atoms with Gasteiger partial charge < -0.3 is 25.1 Å². The van der Waals surface area contributed by atoms with Crippen LogP contribution in [0.25, 0.3) is 0 Å². The van der Waals surface area contributed by atoms with E-state index in [0.717, 1.165) is 51.8 Å². The van der Waals surface area contributed by atoms with Gasteiger partial charge in [-0.1, -0.05) is 28.4 Å². The molecular formula is C22H35N7O2P2. The number of nitrogens with one attached hydrogen (secondary N) is 3. The summed E-state index contributed by atoms with van der Waals surface area (Å²) in [6, 6.07) is -0.0210. The molecule has 1 aliphatic heterocycles. The zero-order valence-electron chi connectivity index (χ0n) is 19.7. The predicted octanol–water partition coefficient (Wildman–Crippen LogP) is 3.56. The van der Waals surface area contributed by atoms with E-state index in [0.29, 0.717) is 24.7 Å². The second-order valence-electron chi connectivity index (χ2n) is 8.50. The van der Waals surface area contributed by atoms with E-state index in [1.165, 1.54) is 0 Å². The van der Waals surface area contributed by atoms with Crippen LogP contribution in [0, 0.1) is 5.92 Å². The summed E-state index contributed by atoms with van der Waals surface area (Å²) < 4.78 is 0. The van der Waals surface area contributed by atoms with Gasteiger partial charge in [0.1, 0.15) is 23.3 Å². The Balaban J connectivity index is 1.64. The molecule has 0 radical (unpaired) electrons. The molecular weight excluding hydrogens is 456 g/mol. The molecule has 0 spiro atoms. The molecule has 1 fully saturated rings. The largest absolute Gasteiger partial charge is 0.334 e. The van der Waals surface area contributed by atoms with Crippen LogP contribution in [0.3, 0.4) is 0 Å². The first-order valence-electron chi connectivity index (χ1n) is 11.5. The maximum atomic E-state index is 12.7. The van der Waals surface area contributed by atoms with Crippen molar-refractivity contribution in [1.29, 1.82) is 0 Å². The molecule has 4 unspecified atom stereocenters. The number of anilines is 2. The minimum absolute atomic E-state index is 0.0122. The molecule has 3 heterocycles. The highest BCUT2D eigenvalue weighted by Crippen LogP contribution is 2.32. The van der Waals surface area contributed by atoms with Gasteiger partial charge in [-0.15, -0.1) is 9.24 Å². The number of rotatable bonds is 11. The fraction of sp³-hybridized carbons (Fsp3) is 0.591. The topological polar surface area (TPSA) is 110 Å². The normalized spacial score (nSPS) is 17.8. The van der Waals surface area contributed by atoms with E-state index in [1.807, 2.05) is 23.6 Å². The van der Waals surface area contributed by atoms with E-state index in [2.05, 4.69) is 47.7 Å². The summed E-state index contributed by atoms with van der Waals surface area (Å²) in [6.45, 7) is 7.78. The molecule has 33 heavy (non-hydrogen) atoms. The number of H-pyrrole nitrogens is 2. The molecule has 2 amide bonds. The highest BCUT2D eigenvalue weighted by molar-refractivity contribution is 7.38. The van der Waals surface area contributed by atoms with Crippen molar-refractivity contribution in [2.75, 3.05) is 24.6 Å². The summed E-state index contributed by atoms with van der Waals surface area (Å²) in [5.74, 6) is 3.19. The summed E-state index contributed by atoms with van der Waals surface area (Å²) in [4.78, 5) is 44.6. The zero-order valence-corrected chi connectivity index (χ0v) is 21.7. The monoisotopic (exact) mass is 491 g/mol. The maximum absolute atomic E-state index is 12.7. The van der Waals surface area contributed by atoms with Crippen LogP contribution in [0.4, 0.5) is 11.6 Å². The van der Waals surface area contributed by atoms with Crippen LogP contribution in [0.15, 0.2) is 12.4 Å². The maximum Gasteiger partial charge on any atom is 0.234 e. The van der Waals surface area contributed by atoms with Gasteiger partial charge in [-0.2, -0.15) is 0 Å². The average molecular weight is 492 g/mol. The Bertz CT molecular complexity index is 960. The lowest BCUT2D eigenvalue weighted by molar-refractivity contribution is -0.135. The molecule has 0 saturated carbocycles. The van der Waals surface area contributed by atoms with E-state index in [4.69, 9.17) is 0 Å². The SMILES string of the molecule is C=PC(C)C(=O)N(CCC)Cc1ncc(Nc2cnc(C3CCCN3C(=O)C(C)CP)[nH]2)[nH]1. The second-order valence-corrected chi connectivity index (χ2v) is 10.1. The number of aromatic amines is 2. The summed E-state index contributed by atoms with van der Waals surface area (Å²) in [5.41, 5.74) is -0.131. The predicted molar refractivity (Wildman–Crippen MR) is 137 cm³/mol. The highest BCUT2D eigenvalue weighted by atomic mass is 31.1. The van der Waals surface area contributed by atoms with E-state index in [1.54, 1.807) is 12.4 Å². The summed E-state index contributed by atoms with van der Waals surface area (Å²) in [5, 5.41) is 3.26. The Morgan fingerprint density at radius 3 is 2.76 bits per heavy atom. The molecule has 3 rings (SSSR count). The fourth-order valence-corrected chi connectivity index (χ4v) is 4.50. The summed E-state index contributed by atoms with van der Waals surface area (Å²) >= 11 is 0. The number of hydrogen-bond donors (Lipinski definition) is 3. The van der Waals surface area contributed by atoms with Crippen molar-refractivity contribution in [3.63, 3.8) is 0 Å². The molecule has 0 aliphatic carbocycles. The van der Waals surface area contributed by atoms with Gasteiger partial charge in [-0.05, 0) is 32.3 Å². The number of aromatic nitrogens is 4. The molecule has 1 saturated heterocycles. The van der Waals surface area contributed by atoms with Gasteiger partial charge in [0.25, 0.3) is 0 Å². The number of hydrogen-bond acceptors (Lipinski definition) is 5. The quantitative estimate of drug-likeness (QED) is 0.417. The molecule has 0 bridgehead atoms. The van der Waals surface area contributed by atoms with Crippen LogP contribution >= 0.6 is 17.4 Å². The van der Waals surface area contributed by atoms with Gasteiger partial charge in [0, 0.05) is 19.0 Å². The highest BCUT2D eigenvalue weighted by Gasteiger charge is 2.33. The van der Waals surface area contributed by atoms with Gasteiger partial charge in [0.2, 0.25) is 11.8 Å². The Kier molecular flexibility index (Phi) is 9.04. The number of amides is 2. The van der Waals surface area contributed by atoms with Crippen LogP contribution in [-0.2, 0) is 16.1 Å². The van der Waals surface area contributed by atoms with E-state index in [-0.39, 0.29) is 29.4 Å². The fourth-order valence-electron chi connectivity index (χ4n) is 3.98. The Hall–Kier alpha value is -2.24. The first-order valence-corrected chi connectivity index (χ1v) is 13.4. The number of nitrogens with zero attached hydrogens (tertiary/aromatic N) is 4. The van der Waals surface area contributed by atoms with Crippen LogP contribution in [0.5, 0.6) is 0 Å². The minimum Gasteiger partial charge on any atom is -0.334 e. The molecule has 9 nitrogen and oxygen atoms in total. The molecule has 180 valence electrons. The van der Waals surface area contributed by atoms with Gasteiger partial charge in [-0.25, -0.2) is 9.97 Å². The Morgan fingerprint density at radius 2 is 2.06 bits per heavy atom. The van der Waals surface area contributed by atoms with Gasteiger partial charge in [0.05, 0.1) is 30.6 Å². The Labute approximate surface area is 199 Å². The van der Waals surface area contributed by atoms with E-state index in [9.17, 15) is 9.59 Å². The number of carbonyl (C=O) groups excluding carboxylic acids is 2. The van der Waals surface area contributed by atoms with Crippen molar-refractivity contribution >= 4 is 47.2 Å². The van der Waals surface area contributed by atoms with E-state index < -0.39 is 0 Å². The van der Waals surface area contributed by atoms with Crippen molar-refractivity contribution in [1.82, 2.24) is 29.7 Å². The molecule has 2 aromatic heterocycles. The van der Waals surface area contributed by atoms with Gasteiger partial charge in [-0.3, -0.25) is 9.59 Å². The number of likely N-dealkylation sites (tertiary alicyclic amines) is 1.